The number of aromatic hydroxyl groups is 1. The molecule has 0 aliphatic heterocycles. The standard InChI is InChI=1S/C9H9FN2O/c1-5-2-3-6(10)9(13)8(5)7(12)4-11/h2-3,7,13H,12H2,1H3/t7-/m0/s1. The molecule has 1 atom stereocenters. The third kappa shape index (κ3) is 1.60. The Balaban J connectivity index is 3.35. The minimum atomic E-state index is -0.990. The third-order valence-electron chi connectivity index (χ3n) is 1.84. The average molecular weight is 180 g/mol. The van der Waals surface area contributed by atoms with Gasteiger partial charge in [0, 0.05) is 5.56 Å². The number of nitrogens with zero attached hydrogens (tertiary/aromatic N) is 1. The molecule has 1 aromatic rings. The minimum Gasteiger partial charge on any atom is -0.505 e. The second kappa shape index (κ2) is 3.42. The van der Waals surface area contributed by atoms with Crippen LogP contribution >= 0.6 is 0 Å². The van der Waals surface area contributed by atoms with Gasteiger partial charge in [0.2, 0.25) is 0 Å². The number of aryl methyl sites for hydroxylation is 1. The van der Waals surface area contributed by atoms with Gasteiger partial charge >= 0.3 is 0 Å². The zero-order chi connectivity index (χ0) is 10.0. The molecule has 0 spiro atoms. The number of nitriles is 1. The van der Waals surface area contributed by atoms with Crippen molar-refractivity contribution in [2.45, 2.75) is 13.0 Å². The van der Waals surface area contributed by atoms with E-state index in [9.17, 15) is 9.50 Å². The molecule has 0 aliphatic carbocycles. The molecule has 0 aromatic heterocycles. The van der Waals surface area contributed by atoms with Gasteiger partial charge in [0.1, 0.15) is 6.04 Å². The van der Waals surface area contributed by atoms with Gasteiger partial charge in [-0.1, -0.05) is 6.07 Å². The maximum absolute atomic E-state index is 12.8. The first-order valence-corrected chi connectivity index (χ1v) is 3.71. The van der Waals surface area contributed by atoms with E-state index in [0.717, 1.165) is 6.07 Å². The average Bonchev–Trinajstić information content (AvgIpc) is 2.12. The van der Waals surface area contributed by atoms with E-state index in [2.05, 4.69) is 0 Å². The molecular weight excluding hydrogens is 171 g/mol. The van der Waals surface area contributed by atoms with E-state index in [0.29, 0.717) is 5.56 Å². The molecule has 13 heavy (non-hydrogen) atoms. The molecule has 3 N–H and O–H groups in total. The Labute approximate surface area is 75.2 Å². The number of nitrogens with two attached hydrogens (primary N) is 1. The van der Waals surface area contributed by atoms with E-state index >= 15 is 0 Å². The smallest absolute Gasteiger partial charge is 0.165 e. The van der Waals surface area contributed by atoms with Gasteiger partial charge in [-0.25, -0.2) is 4.39 Å². The van der Waals surface area contributed by atoms with Crippen LogP contribution in [0, 0.1) is 24.1 Å². The fraction of sp³-hybridized carbons (Fsp3) is 0.222. The normalized spacial score (nSPS) is 12.2. The van der Waals surface area contributed by atoms with Gasteiger partial charge in [0.15, 0.2) is 11.6 Å². The molecular formula is C9H9FN2O. The molecule has 0 saturated heterocycles. The molecule has 0 bridgehead atoms. The van der Waals surface area contributed by atoms with E-state index in [4.69, 9.17) is 11.0 Å². The SMILES string of the molecule is Cc1ccc(F)c(O)c1[C@@H](N)C#N. The number of benzene rings is 1. The number of rotatable bonds is 1. The summed E-state index contributed by atoms with van der Waals surface area (Å²) in [5, 5.41) is 17.8. The lowest BCUT2D eigenvalue weighted by atomic mass is 10.0. The van der Waals surface area contributed by atoms with Crippen LogP contribution in [0.5, 0.6) is 5.75 Å². The van der Waals surface area contributed by atoms with Gasteiger partial charge < -0.3 is 10.8 Å². The summed E-state index contributed by atoms with van der Waals surface area (Å²) in [6.07, 6.45) is 0. The predicted octanol–water partition coefficient (Wildman–Crippen LogP) is 1.36. The Morgan fingerprint density at radius 1 is 1.62 bits per heavy atom. The van der Waals surface area contributed by atoms with Crippen LogP contribution in [0.25, 0.3) is 0 Å². The van der Waals surface area contributed by atoms with E-state index in [-0.39, 0.29) is 5.56 Å². The highest BCUT2D eigenvalue weighted by molar-refractivity contribution is 5.43. The summed E-state index contributed by atoms with van der Waals surface area (Å²) in [7, 11) is 0. The zero-order valence-electron chi connectivity index (χ0n) is 7.08. The summed E-state index contributed by atoms with van der Waals surface area (Å²) in [5.74, 6) is -1.29. The summed E-state index contributed by atoms with van der Waals surface area (Å²) >= 11 is 0. The van der Waals surface area contributed by atoms with Crippen molar-refractivity contribution < 1.29 is 9.50 Å². The molecule has 1 aromatic carbocycles. The number of phenols is 1. The minimum absolute atomic E-state index is 0.155. The van der Waals surface area contributed by atoms with E-state index in [1.54, 1.807) is 13.0 Å². The Bertz CT molecular complexity index is 371. The highest BCUT2D eigenvalue weighted by Gasteiger charge is 2.16. The van der Waals surface area contributed by atoms with Crippen LogP contribution in [0.2, 0.25) is 0 Å². The zero-order valence-corrected chi connectivity index (χ0v) is 7.08. The molecule has 4 heteroatoms. The first-order valence-electron chi connectivity index (χ1n) is 3.71. The van der Waals surface area contributed by atoms with Crippen molar-refractivity contribution in [1.82, 2.24) is 0 Å². The van der Waals surface area contributed by atoms with Gasteiger partial charge in [0.25, 0.3) is 0 Å². The maximum Gasteiger partial charge on any atom is 0.165 e. The van der Waals surface area contributed by atoms with Gasteiger partial charge in [-0.05, 0) is 18.6 Å². The Morgan fingerprint density at radius 2 is 2.23 bits per heavy atom. The fourth-order valence-corrected chi connectivity index (χ4v) is 1.14. The van der Waals surface area contributed by atoms with E-state index in [1.165, 1.54) is 6.07 Å². The Kier molecular flexibility index (Phi) is 2.49. The first kappa shape index (κ1) is 9.49. The molecule has 0 aliphatic rings. The lowest BCUT2D eigenvalue weighted by Gasteiger charge is -2.09. The van der Waals surface area contributed by atoms with Crippen LogP contribution < -0.4 is 5.73 Å². The molecule has 0 heterocycles. The molecule has 0 amide bonds. The lowest BCUT2D eigenvalue weighted by molar-refractivity contribution is 0.423. The number of halogens is 1. The van der Waals surface area contributed by atoms with Gasteiger partial charge in [0.05, 0.1) is 6.07 Å². The summed E-state index contributed by atoms with van der Waals surface area (Å²) in [6.45, 7) is 1.66. The first-order chi connectivity index (χ1) is 6.07. The topological polar surface area (TPSA) is 70.0 Å². The summed E-state index contributed by atoms with van der Waals surface area (Å²) < 4.78 is 12.8. The quantitative estimate of drug-likeness (QED) is 0.685. The van der Waals surface area contributed by atoms with Crippen molar-refractivity contribution in [3.05, 3.63) is 29.1 Å². The van der Waals surface area contributed by atoms with Crippen LogP contribution in [0.4, 0.5) is 4.39 Å². The molecule has 0 fully saturated rings. The van der Waals surface area contributed by atoms with Crippen molar-refractivity contribution in [1.29, 1.82) is 5.26 Å². The summed E-state index contributed by atoms with van der Waals surface area (Å²) in [4.78, 5) is 0. The van der Waals surface area contributed by atoms with Gasteiger partial charge in [-0.2, -0.15) is 5.26 Å². The molecule has 1 rings (SSSR count). The maximum atomic E-state index is 12.8. The summed E-state index contributed by atoms with van der Waals surface area (Å²) in [5.41, 5.74) is 6.14. The van der Waals surface area contributed by atoms with Crippen LogP contribution in [0.1, 0.15) is 17.2 Å². The Morgan fingerprint density at radius 3 is 2.77 bits per heavy atom. The van der Waals surface area contributed by atoms with Crippen LogP contribution in [-0.4, -0.2) is 5.11 Å². The molecule has 68 valence electrons. The van der Waals surface area contributed by atoms with Crippen molar-refractivity contribution in [3.8, 4) is 11.8 Å². The van der Waals surface area contributed by atoms with Gasteiger partial charge in [-0.3, -0.25) is 0 Å². The molecule has 0 unspecified atom stereocenters. The van der Waals surface area contributed by atoms with Crippen molar-refractivity contribution in [2.75, 3.05) is 0 Å². The van der Waals surface area contributed by atoms with E-state index < -0.39 is 17.6 Å². The third-order valence-corrected chi connectivity index (χ3v) is 1.84. The fourth-order valence-electron chi connectivity index (χ4n) is 1.14. The lowest BCUT2D eigenvalue weighted by Crippen LogP contribution is -2.09. The van der Waals surface area contributed by atoms with Crippen LogP contribution in [-0.2, 0) is 0 Å². The van der Waals surface area contributed by atoms with Crippen molar-refractivity contribution in [2.24, 2.45) is 5.73 Å². The molecule has 3 nitrogen and oxygen atoms in total. The van der Waals surface area contributed by atoms with Crippen molar-refractivity contribution >= 4 is 0 Å². The number of hydrogen-bond acceptors (Lipinski definition) is 3. The molecule has 0 saturated carbocycles. The van der Waals surface area contributed by atoms with Crippen LogP contribution in [0.15, 0.2) is 12.1 Å². The second-order valence-electron chi connectivity index (χ2n) is 2.73. The predicted molar refractivity (Wildman–Crippen MR) is 45.3 cm³/mol. The largest absolute Gasteiger partial charge is 0.505 e. The highest BCUT2D eigenvalue weighted by Crippen LogP contribution is 2.28. The summed E-state index contributed by atoms with van der Waals surface area (Å²) in [6, 6.07) is 3.36. The van der Waals surface area contributed by atoms with Crippen molar-refractivity contribution in [3.63, 3.8) is 0 Å². The Hall–Kier alpha value is -1.60. The highest BCUT2D eigenvalue weighted by atomic mass is 19.1. The number of hydrogen-bond donors (Lipinski definition) is 2. The van der Waals surface area contributed by atoms with Crippen LogP contribution in [0.3, 0.4) is 0 Å². The molecule has 0 radical (unpaired) electrons. The van der Waals surface area contributed by atoms with Gasteiger partial charge in [-0.15, -0.1) is 0 Å². The van der Waals surface area contributed by atoms with E-state index in [1.807, 2.05) is 0 Å². The number of phenolic OH excluding ortho intramolecular Hbond substituents is 1. The monoisotopic (exact) mass is 180 g/mol. The second-order valence-corrected chi connectivity index (χ2v) is 2.73.